The number of nitrogens with zero attached hydrogens (tertiary/aromatic N) is 2. The van der Waals surface area contributed by atoms with Gasteiger partial charge in [0, 0.05) is 24.5 Å². The van der Waals surface area contributed by atoms with Gasteiger partial charge in [0.15, 0.2) is 11.6 Å². The third-order valence-electron chi connectivity index (χ3n) is 8.02. The zero-order valence-electron chi connectivity index (χ0n) is 22.4. The van der Waals surface area contributed by atoms with Crippen LogP contribution in [0.3, 0.4) is 0 Å². The number of carboxylic acids is 1. The van der Waals surface area contributed by atoms with Crippen LogP contribution in [0.1, 0.15) is 62.2 Å². The molecule has 1 saturated heterocycles. The van der Waals surface area contributed by atoms with Gasteiger partial charge >= 0.3 is 5.97 Å². The second-order valence-electron chi connectivity index (χ2n) is 10.5. The standard InChI is InChI=1S/C31H37F3N2O3/c1-39-24-10-12-29-26(19-24)25(14-16-35-29)27(32)11-8-21-15-18-36(20-23(21)9-13-30(37)38)17-3-2-5-22-6-4-7-28(33)31(22)34/h4,6-7,10,12,14,16,19,21,23,27H,2-3,5,8-9,11,13,15,17-18,20H2,1H3,(H,37,38)/t21?,23?,27-/m0/s1. The van der Waals surface area contributed by atoms with Crippen molar-refractivity contribution in [2.75, 3.05) is 26.7 Å². The molecule has 0 radical (unpaired) electrons. The van der Waals surface area contributed by atoms with Crippen LogP contribution >= 0.6 is 0 Å². The van der Waals surface area contributed by atoms with E-state index in [4.69, 9.17) is 4.74 Å². The van der Waals surface area contributed by atoms with Crippen LogP contribution < -0.4 is 4.74 Å². The highest BCUT2D eigenvalue weighted by Crippen LogP contribution is 2.36. The third-order valence-corrected chi connectivity index (χ3v) is 8.02. The summed E-state index contributed by atoms with van der Waals surface area (Å²) in [7, 11) is 1.58. The van der Waals surface area contributed by atoms with Gasteiger partial charge in [0.2, 0.25) is 0 Å². The quantitative estimate of drug-likeness (QED) is 0.233. The van der Waals surface area contributed by atoms with Gasteiger partial charge in [-0.05, 0) is 111 Å². The molecule has 0 spiro atoms. The first-order valence-electron chi connectivity index (χ1n) is 13.8. The number of carbonyl (C=O) groups is 1. The first kappa shape index (κ1) is 28.9. The largest absolute Gasteiger partial charge is 0.497 e. The number of rotatable bonds is 13. The molecule has 8 heteroatoms. The van der Waals surface area contributed by atoms with Crippen LogP contribution in [-0.2, 0) is 11.2 Å². The third kappa shape index (κ3) is 7.72. The number of methoxy groups -OCH3 is 1. The van der Waals surface area contributed by atoms with Crippen LogP contribution in [0.2, 0.25) is 0 Å². The summed E-state index contributed by atoms with van der Waals surface area (Å²) in [5.41, 5.74) is 1.73. The predicted molar refractivity (Wildman–Crippen MR) is 146 cm³/mol. The molecule has 1 aromatic heterocycles. The summed E-state index contributed by atoms with van der Waals surface area (Å²) in [4.78, 5) is 18.0. The highest BCUT2D eigenvalue weighted by atomic mass is 19.2. The normalized spacial score (nSPS) is 18.8. The Labute approximate surface area is 228 Å². The Bertz CT molecular complexity index is 1250. The number of piperidine rings is 1. The Morgan fingerprint density at radius 2 is 2.00 bits per heavy atom. The van der Waals surface area contributed by atoms with Crippen LogP contribution in [0.5, 0.6) is 5.75 Å². The van der Waals surface area contributed by atoms with Crippen molar-refractivity contribution in [2.24, 2.45) is 11.8 Å². The molecule has 0 amide bonds. The monoisotopic (exact) mass is 542 g/mol. The zero-order chi connectivity index (χ0) is 27.8. The van der Waals surface area contributed by atoms with Gasteiger partial charge in [0.1, 0.15) is 11.9 Å². The second kappa shape index (κ2) is 13.8. The van der Waals surface area contributed by atoms with E-state index in [1.165, 1.54) is 6.07 Å². The van der Waals surface area contributed by atoms with Crippen molar-refractivity contribution < 1.29 is 27.8 Å². The fourth-order valence-electron chi connectivity index (χ4n) is 5.83. The maximum Gasteiger partial charge on any atom is 0.303 e. The zero-order valence-corrected chi connectivity index (χ0v) is 22.4. The number of fused-ring (bicyclic) bond motifs is 1. The Morgan fingerprint density at radius 3 is 2.79 bits per heavy atom. The van der Waals surface area contributed by atoms with Crippen LogP contribution in [0, 0.1) is 23.5 Å². The van der Waals surface area contributed by atoms with Crippen molar-refractivity contribution in [3.05, 3.63) is 71.4 Å². The lowest BCUT2D eigenvalue weighted by Gasteiger charge is -2.39. The van der Waals surface area contributed by atoms with E-state index in [1.54, 1.807) is 25.4 Å². The molecule has 2 unspecified atom stereocenters. The number of likely N-dealkylation sites (tertiary alicyclic amines) is 1. The molecule has 0 bridgehead atoms. The fourth-order valence-corrected chi connectivity index (χ4v) is 5.83. The molecule has 4 rings (SSSR count). The van der Waals surface area contributed by atoms with E-state index in [1.807, 2.05) is 18.2 Å². The molecule has 3 atom stereocenters. The van der Waals surface area contributed by atoms with Crippen molar-refractivity contribution in [2.45, 2.75) is 57.5 Å². The van der Waals surface area contributed by atoms with Crippen molar-refractivity contribution in [3.8, 4) is 5.75 Å². The molecule has 1 N–H and O–H groups in total. The molecular weight excluding hydrogens is 505 g/mol. The summed E-state index contributed by atoms with van der Waals surface area (Å²) in [5, 5.41) is 10.0. The molecule has 1 aliphatic rings. The molecule has 0 aliphatic carbocycles. The molecule has 2 aromatic carbocycles. The second-order valence-corrected chi connectivity index (χ2v) is 10.5. The molecule has 3 aromatic rings. The van der Waals surface area contributed by atoms with Crippen LogP contribution in [0.25, 0.3) is 10.9 Å². The molecule has 210 valence electrons. The van der Waals surface area contributed by atoms with E-state index in [0.29, 0.717) is 42.6 Å². The van der Waals surface area contributed by atoms with Crippen molar-refractivity contribution in [3.63, 3.8) is 0 Å². The van der Waals surface area contributed by atoms with Gasteiger partial charge in [0.25, 0.3) is 0 Å². The number of hydrogen-bond donors (Lipinski definition) is 1. The molecule has 0 saturated carbocycles. The van der Waals surface area contributed by atoms with E-state index in [2.05, 4.69) is 9.88 Å². The van der Waals surface area contributed by atoms with Crippen molar-refractivity contribution in [1.82, 2.24) is 9.88 Å². The summed E-state index contributed by atoms with van der Waals surface area (Å²) < 4.78 is 48.2. The lowest BCUT2D eigenvalue weighted by Crippen LogP contribution is -2.41. The van der Waals surface area contributed by atoms with Crippen molar-refractivity contribution >= 4 is 16.9 Å². The van der Waals surface area contributed by atoms with E-state index < -0.39 is 23.8 Å². The number of ether oxygens (including phenoxy) is 1. The number of aryl methyl sites for hydroxylation is 1. The van der Waals surface area contributed by atoms with E-state index >= 15 is 4.39 Å². The SMILES string of the molecule is COc1ccc2nccc([C@@H](F)CCC3CCN(CCCCc4cccc(F)c4F)CC3CCC(=O)O)c2c1. The summed E-state index contributed by atoms with van der Waals surface area (Å²) in [5.74, 6) is -1.31. The fraction of sp³-hybridized carbons (Fsp3) is 0.484. The Kier molecular flexibility index (Phi) is 10.2. The summed E-state index contributed by atoms with van der Waals surface area (Å²) in [6.45, 7) is 2.47. The lowest BCUT2D eigenvalue weighted by atomic mass is 9.79. The Morgan fingerprint density at radius 1 is 1.15 bits per heavy atom. The maximum atomic E-state index is 15.5. The number of benzene rings is 2. The average Bonchev–Trinajstić information content (AvgIpc) is 2.94. The number of unbranched alkanes of at least 4 members (excludes halogenated alkanes) is 1. The summed E-state index contributed by atoms with van der Waals surface area (Å²) in [6.07, 6.45) is 5.16. The van der Waals surface area contributed by atoms with Gasteiger partial charge in [-0.1, -0.05) is 12.1 Å². The molecule has 39 heavy (non-hydrogen) atoms. The number of hydrogen-bond acceptors (Lipinski definition) is 4. The van der Waals surface area contributed by atoms with Crippen LogP contribution in [0.4, 0.5) is 13.2 Å². The molecular formula is C31H37F3N2O3. The minimum absolute atomic E-state index is 0.0989. The maximum absolute atomic E-state index is 15.5. The topological polar surface area (TPSA) is 62.7 Å². The first-order chi connectivity index (χ1) is 18.9. The van der Waals surface area contributed by atoms with E-state index in [-0.39, 0.29) is 18.3 Å². The molecule has 5 nitrogen and oxygen atoms in total. The van der Waals surface area contributed by atoms with Crippen molar-refractivity contribution in [1.29, 1.82) is 0 Å². The predicted octanol–water partition coefficient (Wildman–Crippen LogP) is 7.14. The van der Waals surface area contributed by atoms with E-state index in [0.717, 1.165) is 55.9 Å². The molecule has 1 aliphatic heterocycles. The van der Waals surface area contributed by atoms with E-state index in [9.17, 15) is 18.7 Å². The number of aromatic nitrogens is 1. The van der Waals surface area contributed by atoms with Gasteiger partial charge in [-0.3, -0.25) is 9.78 Å². The Hall–Kier alpha value is -3.13. The van der Waals surface area contributed by atoms with Gasteiger partial charge in [0.05, 0.1) is 12.6 Å². The number of pyridine rings is 1. The lowest BCUT2D eigenvalue weighted by molar-refractivity contribution is -0.137. The van der Waals surface area contributed by atoms with Gasteiger partial charge in [-0.15, -0.1) is 0 Å². The highest BCUT2D eigenvalue weighted by molar-refractivity contribution is 5.83. The highest BCUT2D eigenvalue weighted by Gasteiger charge is 2.30. The minimum Gasteiger partial charge on any atom is -0.497 e. The molecule has 1 fully saturated rings. The number of alkyl halides is 1. The van der Waals surface area contributed by atoms with Gasteiger partial charge in [-0.25, -0.2) is 13.2 Å². The first-order valence-corrected chi connectivity index (χ1v) is 13.8. The van der Waals surface area contributed by atoms with Crippen LogP contribution in [-0.4, -0.2) is 47.7 Å². The van der Waals surface area contributed by atoms with Crippen LogP contribution in [0.15, 0.2) is 48.7 Å². The minimum atomic E-state index is -1.15. The summed E-state index contributed by atoms with van der Waals surface area (Å²) >= 11 is 0. The number of halogens is 3. The van der Waals surface area contributed by atoms with Gasteiger partial charge in [-0.2, -0.15) is 0 Å². The van der Waals surface area contributed by atoms with Gasteiger partial charge < -0.3 is 14.7 Å². The number of carboxylic acid groups (broad SMARTS) is 1. The number of aliphatic carboxylic acids is 1. The molecule has 2 heterocycles. The smallest absolute Gasteiger partial charge is 0.303 e. The summed E-state index contributed by atoms with van der Waals surface area (Å²) in [6, 6.07) is 11.5. The average molecular weight is 543 g/mol. The Balaban J connectivity index is 1.32.